The van der Waals surface area contributed by atoms with Gasteiger partial charge in [-0.05, 0) is 27.3 Å². The number of rotatable bonds is 1. The van der Waals surface area contributed by atoms with Gasteiger partial charge in [-0.3, -0.25) is 4.79 Å². The Labute approximate surface area is 74.1 Å². The lowest BCUT2D eigenvalue weighted by Crippen LogP contribution is -2.35. The first kappa shape index (κ1) is 9.52. The summed E-state index contributed by atoms with van der Waals surface area (Å²) in [6.07, 6.45) is 0.903. The summed E-state index contributed by atoms with van der Waals surface area (Å²) in [5.41, 5.74) is 0. The molecule has 3 atom stereocenters. The van der Waals surface area contributed by atoms with Gasteiger partial charge < -0.3 is 10.2 Å². The molecule has 1 saturated heterocycles. The molecule has 1 amide bonds. The Hall–Kier alpha value is -0.570. The van der Waals surface area contributed by atoms with Gasteiger partial charge in [0, 0.05) is 12.1 Å². The Morgan fingerprint density at radius 3 is 2.50 bits per heavy atom. The van der Waals surface area contributed by atoms with E-state index in [1.807, 2.05) is 7.05 Å². The topological polar surface area (TPSA) is 32.3 Å². The van der Waals surface area contributed by atoms with Gasteiger partial charge in [0.2, 0.25) is 5.91 Å². The molecular weight excluding hydrogens is 152 g/mol. The predicted molar refractivity (Wildman–Crippen MR) is 47.2 cm³/mol. The molecule has 1 aliphatic rings. The molecule has 0 aliphatic carbocycles. The van der Waals surface area contributed by atoms with Crippen LogP contribution >= 0.6 is 0 Å². The molecule has 1 N–H and O–H groups in total. The maximum atomic E-state index is 11.3. The lowest BCUT2D eigenvalue weighted by atomic mass is 10.00. The standard InChI is InChI=1S/C9H16N2O/c1-6-5-8(9(12)10-3)7(2)11(6)4/h3,6-8H,5H2,1-2,4H3,(H,10,12). The van der Waals surface area contributed by atoms with E-state index in [2.05, 4.69) is 24.1 Å². The SMILES string of the molecule is [CH]NC(=O)C1CC(C)N(C)C1C. The fraction of sp³-hybridized carbons (Fsp3) is 0.778. The van der Waals surface area contributed by atoms with Crippen LogP contribution in [-0.4, -0.2) is 29.9 Å². The van der Waals surface area contributed by atoms with Crippen LogP contribution in [0.2, 0.25) is 0 Å². The molecule has 3 unspecified atom stereocenters. The maximum absolute atomic E-state index is 11.3. The molecule has 1 rings (SSSR count). The molecule has 3 nitrogen and oxygen atoms in total. The number of likely N-dealkylation sites (tertiary alicyclic amines) is 1. The van der Waals surface area contributed by atoms with Crippen molar-refractivity contribution in [3.8, 4) is 0 Å². The van der Waals surface area contributed by atoms with Gasteiger partial charge >= 0.3 is 0 Å². The minimum Gasteiger partial charge on any atom is -0.349 e. The van der Waals surface area contributed by atoms with E-state index in [9.17, 15) is 4.79 Å². The van der Waals surface area contributed by atoms with E-state index in [1.54, 1.807) is 0 Å². The minimum absolute atomic E-state index is 0.0429. The third-order valence-electron chi connectivity index (χ3n) is 2.99. The van der Waals surface area contributed by atoms with Gasteiger partial charge in [-0.2, -0.15) is 0 Å². The van der Waals surface area contributed by atoms with E-state index < -0.39 is 0 Å². The monoisotopic (exact) mass is 168 g/mol. The summed E-state index contributed by atoms with van der Waals surface area (Å²) in [4.78, 5) is 13.5. The third kappa shape index (κ3) is 1.46. The van der Waals surface area contributed by atoms with Crippen LogP contribution in [0.3, 0.4) is 0 Å². The van der Waals surface area contributed by atoms with E-state index in [-0.39, 0.29) is 11.8 Å². The van der Waals surface area contributed by atoms with E-state index in [1.165, 1.54) is 0 Å². The van der Waals surface area contributed by atoms with Gasteiger partial charge in [0.25, 0.3) is 0 Å². The van der Waals surface area contributed by atoms with Gasteiger partial charge in [-0.15, -0.1) is 0 Å². The highest BCUT2D eigenvalue weighted by Gasteiger charge is 2.37. The molecule has 1 fully saturated rings. The van der Waals surface area contributed by atoms with Gasteiger partial charge in [0.05, 0.1) is 13.0 Å². The number of hydrogen-bond acceptors (Lipinski definition) is 2. The Morgan fingerprint density at radius 2 is 2.17 bits per heavy atom. The Balaban J connectivity index is 2.64. The molecule has 0 saturated carbocycles. The molecule has 0 spiro atoms. The molecule has 1 aliphatic heterocycles. The van der Waals surface area contributed by atoms with Crippen LogP contribution in [0, 0.1) is 13.0 Å². The van der Waals surface area contributed by atoms with E-state index in [0.717, 1.165) is 6.42 Å². The number of hydrogen-bond donors (Lipinski definition) is 1. The Morgan fingerprint density at radius 1 is 1.58 bits per heavy atom. The zero-order valence-electron chi connectivity index (χ0n) is 7.87. The molecule has 0 aromatic carbocycles. The summed E-state index contributed by atoms with van der Waals surface area (Å²) in [6, 6.07) is 0.769. The van der Waals surface area contributed by atoms with Crippen LogP contribution in [0.5, 0.6) is 0 Å². The molecule has 1 heterocycles. The number of nitrogens with one attached hydrogen (secondary N) is 1. The summed E-state index contributed by atoms with van der Waals surface area (Å²) in [5, 5.41) is 2.21. The van der Waals surface area contributed by atoms with E-state index in [4.69, 9.17) is 7.05 Å². The van der Waals surface area contributed by atoms with Crippen LogP contribution in [0.1, 0.15) is 20.3 Å². The normalized spacial score (nSPS) is 36.8. The fourth-order valence-electron chi connectivity index (χ4n) is 1.85. The predicted octanol–water partition coefficient (Wildman–Crippen LogP) is 0.500. The average Bonchev–Trinajstić information content (AvgIpc) is 2.32. The van der Waals surface area contributed by atoms with Gasteiger partial charge in [0.15, 0.2) is 0 Å². The van der Waals surface area contributed by atoms with E-state index in [0.29, 0.717) is 12.1 Å². The van der Waals surface area contributed by atoms with Crippen LogP contribution in [0.25, 0.3) is 0 Å². The summed E-state index contributed by atoms with van der Waals surface area (Å²) in [6.45, 7) is 4.18. The van der Waals surface area contributed by atoms with Crippen LogP contribution in [-0.2, 0) is 4.79 Å². The minimum atomic E-state index is -0.0429. The molecular formula is C9H16N2O. The fourth-order valence-corrected chi connectivity index (χ4v) is 1.85. The van der Waals surface area contributed by atoms with Gasteiger partial charge in [-0.25, -0.2) is 0 Å². The number of amides is 1. The van der Waals surface area contributed by atoms with Crippen molar-refractivity contribution in [2.45, 2.75) is 32.4 Å². The molecule has 0 aromatic rings. The van der Waals surface area contributed by atoms with Crippen molar-refractivity contribution < 1.29 is 4.79 Å². The molecule has 12 heavy (non-hydrogen) atoms. The van der Waals surface area contributed by atoms with Crippen molar-refractivity contribution in [3.05, 3.63) is 7.05 Å². The van der Waals surface area contributed by atoms with Crippen molar-refractivity contribution in [1.29, 1.82) is 0 Å². The lowest BCUT2D eigenvalue weighted by molar-refractivity contribution is -0.124. The lowest BCUT2D eigenvalue weighted by Gasteiger charge is -2.21. The van der Waals surface area contributed by atoms with Crippen molar-refractivity contribution in [3.63, 3.8) is 0 Å². The highest BCUT2D eigenvalue weighted by Crippen LogP contribution is 2.27. The van der Waals surface area contributed by atoms with Gasteiger partial charge in [-0.1, -0.05) is 0 Å². The zero-order chi connectivity index (χ0) is 9.30. The summed E-state index contributed by atoms with van der Waals surface area (Å²) < 4.78 is 0. The number of carbonyl (C=O) groups excluding carboxylic acids is 1. The Bertz CT molecular complexity index is 181. The highest BCUT2D eigenvalue weighted by molar-refractivity contribution is 5.79. The molecule has 2 radical (unpaired) electrons. The van der Waals surface area contributed by atoms with Crippen LogP contribution in [0.15, 0.2) is 0 Å². The first-order valence-corrected chi connectivity index (χ1v) is 4.30. The second kappa shape index (κ2) is 3.44. The largest absolute Gasteiger partial charge is 0.349 e. The Kier molecular flexibility index (Phi) is 2.73. The van der Waals surface area contributed by atoms with Crippen molar-refractivity contribution in [2.24, 2.45) is 5.92 Å². The van der Waals surface area contributed by atoms with Crippen molar-refractivity contribution >= 4 is 5.91 Å². The molecule has 3 heteroatoms. The summed E-state index contributed by atoms with van der Waals surface area (Å²) in [7, 11) is 7.13. The summed E-state index contributed by atoms with van der Waals surface area (Å²) >= 11 is 0. The third-order valence-corrected chi connectivity index (χ3v) is 2.99. The van der Waals surface area contributed by atoms with Crippen molar-refractivity contribution in [2.75, 3.05) is 7.05 Å². The molecule has 0 bridgehead atoms. The van der Waals surface area contributed by atoms with Gasteiger partial charge in [0.1, 0.15) is 0 Å². The van der Waals surface area contributed by atoms with Crippen molar-refractivity contribution in [1.82, 2.24) is 10.2 Å². The highest BCUT2D eigenvalue weighted by atomic mass is 16.1. The zero-order valence-corrected chi connectivity index (χ0v) is 7.87. The first-order chi connectivity index (χ1) is 5.57. The average molecular weight is 168 g/mol. The van der Waals surface area contributed by atoms with Crippen LogP contribution in [0.4, 0.5) is 0 Å². The van der Waals surface area contributed by atoms with E-state index >= 15 is 0 Å². The number of carbonyl (C=O) groups is 1. The first-order valence-electron chi connectivity index (χ1n) is 4.30. The smallest absolute Gasteiger partial charge is 0.225 e. The summed E-state index contributed by atoms with van der Waals surface area (Å²) in [5.74, 6) is 0.00806. The molecule has 0 aromatic heterocycles. The molecule has 68 valence electrons. The second-order valence-corrected chi connectivity index (χ2v) is 3.61. The second-order valence-electron chi connectivity index (χ2n) is 3.61. The number of nitrogens with zero attached hydrogens (tertiary/aromatic N) is 1. The van der Waals surface area contributed by atoms with Crippen LogP contribution < -0.4 is 5.32 Å². The maximum Gasteiger partial charge on any atom is 0.225 e. The quantitative estimate of drug-likeness (QED) is 0.578.